The van der Waals surface area contributed by atoms with E-state index in [0.29, 0.717) is 21.9 Å². The van der Waals surface area contributed by atoms with Crippen molar-refractivity contribution < 1.29 is 9.13 Å². The Morgan fingerprint density at radius 2 is 2.00 bits per heavy atom. The van der Waals surface area contributed by atoms with Crippen molar-refractivity contribution in [3.05, 3.63) is 105 Å². The lowest BCUT2D eigenvalue weighted by molar-refractivity contribution is 0.307. The van der Waals surface area contributed by atoms with Crippen molar-refractivity contribution in [2.75, 3.05) is 0 Å². The zero-order valence-electron chi connectivity index (χ0n) is 19.1. The van der Waals surface area contributed by atoms with E-state index in [0.717, 1.165) is 40.1 Å². The number of benzene rings is 1. The minimum absolute atomic E-state index is 0.111. The third-order valence-corrected chi connectivity index (χ3v) is 6.11. The molecule has 9 heteroatoms. The lowest BCUT2D eigenvalue weighted by Gasteiger charge is -2.15. The molecule has 0 unspecified atom stereocenters. The molecule has 0 amide bonds. The van der Waals surface area contributed by atoms with Gasteiger partial charge in [-0.15, -0.1) is 0 Å². The normalized spacial score (nSPS) is 11.2. The molecular formula is C26H21ClFN5O2. The lowest BCUT2D eigenvalue weighted by Crippen LogP contribution is -2.20. The second-order valence-electron chi connectivity index (χ2n) is 8.16. The van der Waals surface area contributed by atoms with Crippen molar-refractivity contribution in [1.82, 2.24) is 24.3 Å². The molecule has 0 atom stereocenters. The highest BCUT2D eigenvalue weighted by Gasteiger charge is 2.15. The Morgan fingerprint density at radius 3 is 2.80 bits per heavy atom. The van der Waals surface area contributed by atoms with Crippen molar-refractivity contribution in [3.8, 4) is 17.0 Å². The fraction of sp³-hybridized carbons (Fsp3) is 0.154. The van der Waals surface area contributed by atoms with E-state index in [-0.39, 0.29) is 18.7 Å². The third kappa shape index (κ3) is 4.52. The number of hydrogen-bond acceptors (Lipinski definition) is 5. The Bertz CT molecular complexity index is 1610. The van der Waals surface area contributed by atoms with Crippen LogP contribution < -0.4 is 10.3 Å². The monoisotopic (exact) mass is 489 g/mol. The smallest absolute Gasteiger partial charge is 0.251 e. The summed E-state index contributed by atoms with van der Waals surface area (Å²) in [7, 11) is 1.90. The highest BCUT2D eigenvalue weighted by Crippen LogP contribution is 2.33. The van der Waals surface area contributed by atoms with Gasteiger partial charge < -0.3 is 9.30 Å². The van der Waals surface area contributed by atoms with Crippen LogP contribution in [-0.2, 0) is 20.2 Å². The van der Waals surface area contributed by atoms with E-state index < -0.39 is 5.82 Å². The van der Waals surface area contributed by atoms with Gasteiger partial charge in [-0.25, -0.2) is 9.37 Å². The molecule has 0 spiro atoms. The summed E-state index contributed by atoms with van der Waals surface area (Å²) in [6.45, 7) is 2.17. The molecule has 4 heterocycles. The van der Waals surface area contributed by atoms with E-state index >= 15 is 0 Å². The summed E-state index contributed by atoms with van der Waals surface area (Å²) in [6, 6.07) is 12.1. The van der Waals surface area contributed by atoms with E-state index in [4.69, 9.17) is 21.3 Å². The number of rotatable bonds is 6. The van der Waals surface area contributed by atoms with Gasteiger partial charge in [-0.2, -0.15) is 5.10 Å². The average molecular weight is 490 g/mol. The molecule has 0 saturated carbocycles. The highest BCUT2D eigenvalue weighted by atomic mass is 35.5. The van der Waals surface area contributed by atoms with Crippen LogP contribution >= 0.6 is 11.6 Å². The van der Waals surface area contributed by atoms with Crippen LogP contribution in [0.1, 0.15) is 16.8 Å². The Hall–Kier alpha value is -4.04. The minimum Gasteiger partial charge on any atom is -0.487 e. The van der Waals surface area contributed by atoms with Crippen LogP contribution in [0.15, 0.2) is 72.0 Å². The molecule has 1 aromatic carbocycles. The highest BCUT2D eigenvalue weighted by molar-refractivity contribution is 6.31. The fourth-order valence-corrected chi connectivity index (χ4v) is 4.31. The largest absolute Gasteiger partial charge is 0.487 e. The molecule has 0 bridgehead atoms. The molecule has 5 aromatic rings. The maximum atomic E-state index is 13.7. The molecular weight excluding hydrogens is 469 g/mol. The summed E-state index contributed by atoms with van der Waals surface area (Å²) in [5.74, 6) is 0.0928. The summed E-state index contributed by atoms with van der Waals surface area (Å²) in [6.07, 6.45) is 6.04. The van der Waals surface area contributed by atoms with Crippen LogP contribution in [0.4, 0.5) is 4.39 Å². The van der Waals surface area contributed by atoms with E-state index in [9.17, 15) is 9.18 Å². The van der Waals surface area contributed by atoms with Crippen LogP contribution in [0.3, 0.4) is 0 Å². The van der Waals surface area contributed by atoms with E-state index in [2.05, 4.69) is 10.1 Å². The average Bonchev–Trinajstić information content (AvgIpc) is 3.26. The predicted molar refractivity (Wildman–Crippen MR) is 132 cm³/mol. The first-order chi connectivity index (χ1) is 16.9. The molecule has 0 aliphatic rings. The van der Waals surface area contributed by atoms with Crippen molar-refractivity contribution in [3.63, 3.8) is 0 Å². The number of aromatic nitrogens is 5. The van der Waals surface area contributed by atoms with Crippen LogP contribution in [0.5, 0.6) is 5.75 Å². The van der Waals surface area contributed by atoms with Gasteiger partial charge in [-0.3, -0.25) is 14.5 Å². The van der Waals surface area contributed by atoms with Crippen LogP contribution in [0.25, 0.3) is 22.2 Å². The van der Waals surface area contributed by atoms with Crippen LogP contribution in [0.2, 0.25) is 5.02 Å². The molecule has 7 nitrogen and oxygen atoms in total. The summed E-state index contributed by atoms with van der Waals surface area (Å²) >= 11 is 6.46. The van der Waals surface area contributed by atoms with Gasteiger partial charge in [0.05, 0.1) is 17.3 Å². The van der Waals surface area contributed by atoms with E-state index in [1.807, 2.05) is 49.0 Å². The number of halogens is 2. The zero-order chi connectivity index (χ0) is 24.5. The van der Waals surface area contributed by atoms with Crippen LogP contribution in [0, 0.1) is 12.7 Å². The number of nitrogens with zero attached hydrogens (tertiary/aromatic N) is 5. The molecule has 0 radical (unpaired) electrons. The standard InChI is InChI=1S/C26H21ClFN5O2/c1-16-10-20(23-8-9-30-32(23)2)19-4-3-5-24(26(19)31-16)35-15-21-17(11-29-12-22(21)27)13-33-14-18(28)6-7-25(33)34/h3-12,14H,13,15H2,1-2H3. The maximum absolute atomic E-state index is 13.7. The second kappa shape index (κ2) is 9.31. The topological polar surface area (TPSA) is 74.8 Å². The van der Waals surface area contributed by atoms with Gasteiger partial charge in [0.2, 0.25) is 0 Å². The quantitative estimate of drug-likeness (QED) is 0.338. The minimum atomic E-state index is -0.501. The SMILES string of the molecule is Cc1cc(-c2ccnn2C)c2cccc(OCc3c(Cl)cncc3Cn3cc(F)ccc3=O)c2n1. The van der Waals surface area contributed by atoms with Gasteiger partial charge in [0.25, 0.3) is 5.56 Å². The van der Waals surface area contributed by atoms with Gasteiger partial charge in [-0.1, -0.05) is 23.7 Å². The fourth-order valence-electron chi connectivity index (χ4n) is 4.08. The number of pyridine rings is 3. The van der Waals surface area contributed by atoms with E-state index in [1.165, 1.54) is 16.8 Å². The molecule has 0 N–H and O–H groups in total. The van der Waals surface area contributed by atoms with Crippen molar-refractivity contribution in [2.24, 2.45) is 7.05 Å². The number of para-hydroxylation sites is 1. The third-order valence-electron chi connectivity index (χ3n) is 5.78. The van der Waals surface area contributed by atoms with Gasteiger partial charge in [-0.05, 0) is 36.8 Å². The Morgan fingerprint density at radius 1 is 1.14 bits per heavy atom. The number of hydrogen-bond donors (Lipinski definition) is 0. The lowest BCUT2D eigenvalue weighted by atomic mass is 10.0. The second-order valence-corrected chi connectivity index (χ2v) is 8.57. The zero-order valence-corrected chi connectivity index (χ0v) is 19.8. The Kier molecular flexibility index (Phi) is 6.05. The van der Waals surface area contributed by atoms with Crippen molar-refractivity contribution in [2.45, 2.75) is 20.1 Å². The summed E-state index contributed by atoms with van der Waals surface area (Å²) < 4.78 is 23.0. The van der Waals surface area contributed by atoms with Gasteiger partial charge >= 0.3 is 0 Å². The first-order valence-electron chi connectivity index (χ1n) is 10.9. The number of fused-ring (bicyclic) bond motifs is 1. The van der Waals surface area contributed by atoms with Crippen molar-refractivity contribution in [1.29, 1.82) is 0 Å². The number of ether oxygens (including phenoxy) is 1. The molecule has 0 fully saturated rings. The molecule has 5 rings (SSSR count). The van der Waals surface area contributed by atoms with E-state index in [1.54, 1.807) is 12.4 Å². The molecule has 4 aromatic heterocycles. The summed E-state index contributed by atoms with van der Waals surface area (Å²) in [5, 5.41) is 5.62. The van der Waals surface area contributed by atoms with Gasteiger partial charge in [0.1, 0.15) is 23.7 Å². The summed E-state index contributed by atoms with van der Waals surface area (Å²) in [5.41, 5.74) is 4.53. The molecule has 35 heavy (non-hydrogen) atoms. The predicted octanol–water partition coefficient (Wildman–Crippen LogP) is 4.92. The van der Waals surface area contributed by atoms with Crippen LogP contribution in [-0.4, -0.2) is 24.3 Å². The van der Waals surface area contributed by atoms with Gasteiger partial charge in [0, 0.05) is 60.1 Å². The Labute approximate surface area is 205 Å². The molecule has 176 valence electrons. The number of aryl methyl sites for hydroxylation is 2. The maximum Gasteiger partial charge on any atom is 0.251 e. The first-order valence-corrected chi connectivity index (χ1v) is 11.3. The summed E-state index contributed by atoms with van der Waals surface area (Å²) in [4.78, 5) is 21.1. The van der Waals surface area contributed by atoms with Crippen molar-refractivity contribution >= 4 is 22.5 Å². The van der Waals surface area contributed by atoms with Gasteiger partial charge in [0.15, 0.2) is 0 Å². The first kappa shape index (κ1) is 22.7. The molecule has 0 aliphatic carbocycles. The Balaban J connectivity index is 1.51. The molecule has 0 aliphatic heterocycles. The molecule has 0 saturated heterocycles.